The summed E-state index contributed by atoms with van der Waals surface area (Å²) in [6, 6.07) is 1.59. The molecule has 5 atom stereocenters. The number of hydrogen-bond acceptors (Lipinski definition) is 13. The van der Waals surface area contributed by atoms with Crippen LogP contribution in [0.2, 0.25) is 0 Å². The monoisotopic (exact) mass is 460 g/mol. The van der Waals surface area contributed by atoms with Gasteiger partial charge in [-0.25, -0.2) is 0 Å². The molecule has 178 valence electrons. The van der Waals surface area contributed by atoms with Crippen LogP contribution in [0.4, 0.5) is 0 Å². The van der Waals surface area contributed by atoms with E-state index in [1.165, 1.54) is 0 Å². The smallest absolute Gasteiger partial charge is 0.303 e. The number of nitrogens with zero attached hydrogens (tertiary/aromatic N) is 2. The lowest BCUT2D eigenvalue weighted by molar-refractivity contribution is -0.488. The molecule has 0 aliphatic rings. The summed E-state index contributed by atoms with van der Waals surface area (Å²) in [5, 5.41) is 20.4. The van der Waals surface area contributed by atoms with Gasteiger partial charge in [-0.3, -0.25) is 34.1 Å². The van der Waals surface area contributed by atoms with Gasteiger partial charge < -0.3 is 23.7 Å². The molecule has 0 amide bonds. The lowest BCUT2D eigenvalue weighted by Gasteiger charge is -2.36. The number of carbonyl (C=O) groups is 5. The predicted octanol–water partition coefficient (Wildman–Crippen LogP) is -0.307. The van der Waals surface area contributed by atoms with E-state index in [9.17, 15) is 39.3 Å². The molecule has 32 heavy (non-hydrogen) atoms. The van der Waals surface area contributed by atoms with Crippen LogP contribution in [0.25, 0.3) is 0 Å². The van der Waals surface area contributed by atoms with Gasteiger partial charge in [0.1, 0.15) is 6.61 Å². The maximum atomic E-state index is 11.8. The lowest BCUT2D eigenvalue weighted by atomic mass is 9.92. The third-order valence-electron chi connectivity index (χ3n) is 3.60. The Morgan fingerprint density at radius 3 is 1.59 bits per heavy atom. The molecule has 0 fully saturated rings. The van der Waals surface area contributed by atoms with Gasteiger partial charge in [-0.05, 0) is 0 Å². The molecule has 0 aliphatic carbocycles. The first-order valence-corrected chi connectivity index (χ1v) is 9.12. The first-order chi connectivity index (χ1) is 14.8. The second-order valence-corrected chi connectivity index (χ2v) is 6.42. The zero-order valence-electron chi connectivity index (χ0n) is 18.1. The van der Waals surface area contributed by atoms with Crippen molar-refractivity contribution in [3.8, 4) is 6.07 Å². The van der Waals surface area contributed by atoms with Gasteiger partial charge in [-0.1, -0.05) is 0 Å². The van der Waals surface area contributed by atoms with Crippen LogP contribution in [0.3, 0.4) is 0 Å². The molecule has 0 aromatic rings. The average Bonchev–Trinajstić information content (AvgIpc) is 2.63. The number of nitro groups is 1. The standard InChI is InChI=1S/C18H24N2O12/c1-9(21)28-8-15(29-10(2)22)17(31-12(4)24)18(32-13(5)25)16(30-11(3)23)14(6-19)7-20(26)27/h14-18H,7-8H2,1-5H3/t14-,15+,16+,17-,18+/m0/s1. The van der Waals surface area contributed by atoms with E-state index in [-0.39, 0.29) is 0 Å². The summed E-state index contributed by atoms with van der Waals surface area (Å²) in [6.45, 7) is 3.14. The van der Waals surface area contributed by atoms with Gasteiger partial charge in [-0.2, -0.15) is 5.26 Å². The fourth-order valence-electron chi connectivity index (χ4n) is 2.62. The highest BCUT2D eigenvalue weighted by atomic mass is 16.6. The summed E-state index contributed by atoms with van der Waals surface area (Å²) >= 11 is 0. The van der Waals surface area contributed by atoms with Crippen molar-refractivity contribution in [2.24, 2.45) is 5.92 Å². The van der Waals surface area contributed by atoms with Gasteiger partial charge >= 0.3 is 29.8 Å². The molecule has 14 nitrogen and oxygen atoms in total. The largest absolute Gasteiger partial charge is 0.462 e. The number of esters is 5. The molecule has 0 saturated heterocycles. The Hall–Kier alpha value is -3.76. The van der Waals surface area contributed by atoms with Crippen molar-refractivity contribution >= 4 is 29.8 Å². The van der Waals surface area contributed by atoms with Crippen molar-refractivity contribution < 1.29 is 52.6 Å². The Kier molecular flexibility index (Phi) is 11.9. The lowest BCUT2D eigenvalue weighted by Crippen LogP contribution is -2.55. The second kappa shape index (κ2) is 13.5. The van der Waals surface area contributed by atoms with E-state index in [2.05, 4.69) is 0 Å². The van der Waals surface area contributed by atoms with Gasteiger partial charge in [0.05, 0.1) is 6.07 Å². The van der Waals surface area contributed by atoms with Crippen LogP contribution in [0.5, 0.6) is 0 Å². The Morgan fingerprint density at radius 2 is 1.22 bits per heavy atom. The molecule has 0 aromatic heterocycles. The number of ether oxygens (including phenoxy) is 5. The van der Waals surface area contributed by atoms with Gasteiger partial charge in [-0.15, -0.1) is 0 Å². The maximum Gasteiger partial charge on any atom is 0.303 e. The summed E-state index contributed by atoms with van der Waals surface area (Å²) in [6.07, 6.45) is -7.01. The molecule has 0 aromatic carbocycles. The zero-order chi connectivity index (χ0) is 25.0. The molecular weight excluding hydrogens is 436 g/mol. The second-order valence-electron chi connectivity index (χ2n) is 6.42. The van der Waals surface area contributed by atoms with E-state index in [0.29, 0.717) is 0 Å². The van der Waals surface area contributed by atoms with E-state index in [1.54, 1.807) is 6.07 Å². The van der Waals surface area contributed by atoms with Crippen LogP contribution in [-0.4, -0.2) is 72.3 Å². The van der Waals surface area contributed by atoms with Crippen LogP contribution in [0.1, 0.15) is 34.6 Å². The average molecular weight is 460 g/mol. The SMILES string of the molecule is CC(=O)OC[C@@H](OC(C)=O)[C@H](OC(C)=O)[C@H](OC(C)=O)[C@H](OC(C)=O)[C@@H](C#N)C[N+](=O)[O-]. The fourth-order valence-corrected chi connectivity index (χ4v) is 2.62. The van der Waals surface area contributed by atoms with Crippen LogP contribution in [0.15, 0.2) is 0 Å². The first-order valence-electron chi connectivity index (χ1n) is 9.12. The highest BCUT2D eigenvalue weighted by molar-refractivity contribution is 5.69. The van der Waals surface area contributed by atoms with Crippen molar-refractivity contribution in [3.63, 3.8) is 0 Å². The van der Waals surface area contributed by atoms with E-state index >= 15 is 0 Å². The van der Waals surface area contributed by atoms with E-state index in [0.717, 1.165) is 34.6 Å². The summed E-state index contributed by atoms with van der Waals surface area (Å²) in [5.74, 6) is -6.35. The predicted molar refractivity (Wildman–Crippen MR) is 99.8 cm³/mol. The van der Waals surface area contributed by atoms with Crippen molar-refractivity contribution in [1.29, 1.82) is 5.26 Å². The van der Waals surface area contributed by atoms with Crippen molar-refractivity contribution in [1.82, 2.24) is 0 Å². The molecule has 14 heteroatoms. The van der Waals surface area contributed by atoms with Crippen molar-refractivity contribution in [2.75, 3.05) is 13.2 Å². The third-order valence-corrected chi connectivity index (χ3v) is 3.60. The first kappa shape index (κ1) is 28.2. The summed E-state index contributed by atoms with van der Waals surface area (Å²) < 4.78 is 25.1. The molecule has 0 aliphatic heterocycles. The minimum Gasteiger partial charge on any atom is -0.462 e. The van der Waals surface area contributed by atoms with Crippen LogP contribution >= 0.6 is 0 Å². The third kappa shape index (κ3) is 10.9. The van der Waals surface area contributed by atoms with E-state index in [1.807, 2.05) is 0 Å². The molecule has 0 rings (SSSR count). The number of nitriles is 1. The summed E-state index contributed by atoms with van der Waals surface area (Å²) in [4.78, 5) is 68.1. The number of carbonyl (C=O) groups excluding carboxylic acids is 5. The maximum absolute atomic E-state index is 11.8. The molecule has 0 spiro atoms. The summed E-state index contributed by atoms with van der Waals surface area (Å²) in [5.41, 5.74) is 0. The highest BCUT2D eigenvalue weighted by Crippen LogP contribution is 2.24. The molecule has 0 bridgehead atoms. The summed E-state index contributed by atoms with van der Waals surface area (Å²) in [7, 11) is 0. The van der Waals surface area contributed by atoms with Gasteiger partial charge in [0.15, 0.2) is 30.3 Å². The molecule has 0 heterocycles. The molecule has 0 N–H and O–H groups in total. The molecule has 0 unspecified atom stereocenters. The topological polar surface area (TPSA) is 198 Å². The van der Waals surface area contributed by atoms with E-state index in [4.69, 9.17) is 23.7 Å². The Balaban J connectivity index is 6.59. The fraction of sp³-hybridized carbons (Fsp3) is 0.667. The highest BCUT2D eigenvalue weighted by Gasteiger charge is 2.48. The van der Waals surface area contributed by atoms with Gasteiger partial charge in [0.2, 0.25) is 6.54 Å². The Morgan fingerprint density at radius 1 is 0.781 bits per heavy atom. The quantitative estimate of drug-likeness (QED) is 0.159. The molecular formula is C18H24N2O12. The minimum atomic E-state index is -1.84. The number of hydrogen-bond donors (Lipinski definition) is 0. The van der Waals surface area contributed by atoms with Gasteiger partial charge in [0.25, 0.3) is 0 Å². The molecule has 0 saturated carbocycles. The van der Waals surface area contributed by atoms with Crippen LogP contribution in [-0.2, 0) is 47.7 Å². The normalized spacial score (nSPS) is 14.9. The molecule has 0 radical (unpaired) electrons. The van der Waals surface area contributed by atoms with Crippen LogP contribution in [0, 0.1) is 27.4 Å². The number of rotatable bonds is 12. The van der Waals surface area contributed by atoms with Crippen molar-refractivity contribution in [3.05, 3.63) is 10.1 Å². The minimum absolute atomic E-state index is 0.677. The van der Waals surface area contributed by atoms with E-state index < -0.39 is 78.3 Å². The zero-order valence-corrected chi connectivity index (χ0v) is 18.1. The van der Waals surface area contributed by atoms with Crippen LogP contribution < -0.4 is 0 Å². The van der Waals surface area contributed by atoms with Gasteiger partial charge in [0, 0.05) is 39.5 Å². The Bertz CT molecular complexity index is 774. The Labute approximate surface area is 182 Å². The van der Waals surface area contributed by atoms with Crippen molar-refractivity contribution in [2.45, 2.75) is 59.0 Å².